The monoisotopic (exact) mass is 779 g/mol. The summed E-state index contributed by atoms with van der Waals surface area (Å²) in [5.74, 6) is 2.62. The standard InChI is InChI=1S/C38H49N6O4P2S2/c1-6-38(3,7-2)45-34-16-12-32(13-17-34)28-41-43(4)49(51)46-35-18-14-33(15-19-35)29-42-44(5)50(52,47-36-20-8-30(9-21-36)24-26-39)48-37-22-10-31(11-23-37)25-27-40/h8-23,28-29H,6-7,24-27,39-40H2,1-5H3/q+1. The summed E-state index contributed by atoms with van der Waals surface area (Å²) in [4.78, 5) is 0. The molecular formula is C38H49N6O4P2S2+. The lowest BCUT2D eigenvalue weighted by Crippen LogP contribution is -2.30. The van der Waals surface area contributed by atoms with Crippen LogP contribution in [0.4, 0.5) is 0 Å². The van der Waals surface area contributed by atoms with E-state index >= 15 is 0 Å². The predicted molar refractivity (Wildman–Crippen MR) is 222 cm³/mol. The number of benzene rings is 4. The normalized spacial score (nSPS) is 12.2. The summed E-state index contributed by atoms with van der Waals surface area (Å²) in [6.45, 7) is 4.35. The second-order valence-corrected chi connectivity index (χ2v) is 17.7. The number of ether oxygens (including phenoxy) is 1. The molecule has 1 unspecified atom stereocenters. The van der Waals surface area contributed by atoms with E-state index in [-0.39, 0.29) is 5.60 Å². The molecule has 0 aliphatic heterocycles. The molecule has 4 N–H and O–H groups in total. The number of rotatable bonds is 20. The maximum Gasteiger partial charge on any atom is 0.540 e. The molecule has 4 rings (SSSR count). The fourth-order valence-corrected chi connectivity index (χ4v) is 7.45. The zero-order valence-corrected chi connectivity index (χ0v) is 33.8. The third kappa shape index (κ3) is 12.4. The van der Waals surface area contributed by atoms with E-state index in [1.54, 1.807) is 36.1 Å². The van der Waals surface area contributed by atoms with Gasteiger partial charge in [-0.2, -0.15) is 5.10 Å². The first-order valence-corrected chi connectivity index (χ1v) is 22.0. The Morgan fingerprint density at radius 2 is 1.12 bits per heavy atom. The van der Waals surface area contributed by atoms with E-state index in [4.69, 9.17) is 53.4 Å². The maximum absolute atomic E-state index is 6.34. The van der Waals surface area contributed by atoms with Crippen LogP contribution < -0.4 is 29.8 Å². The largest absolute Gasteiger partial charge is 0.540 e. The van der Waals surface area contributed by atoms with E-state index in [0.717, 1.165) is 53.7 Å². The molecule has 0 bridgehead atoms. The number of hydrazone groups is 2. The van der Waals surface area contributed by atoms with Gasteiger partial charge in [0.1, 0.15) is 22.8 Å². The summed E-state index contributed by atoms with van der Waals surface area (Å²) >= 11 is 11.7. The van der Waals surface area contributed by atoms with Crippen LogP contribution in [-0.4, -0.2) is 54.8 Å². The number of hydrogen-bond acceptors (Lipinski definition) is 10. The fraction of sp³-hybridized carbons (Fsp3) is 0.316. The molecule has 0 radical (unpaired) electrons. The molecule has 0 heterocycles. The highest BCUT2D eigenvalue weighted by Gasteiger charge is 2.29. The molecule has 0 spiro atoms. The average Bonchev–Trinajstić information content (AvgIpc) is 3.15. The zero-order valence-electron chi connectivity index (χ0n) is 30.4. The summed E-state index contributed by atoms with van der Waals surface area (Å²) in [6, 6.07) is 30.7. The Morgan fingerprint density at radius 1 is 0.692 bits per heavy atom. The van der Waals surface area contributed by atoms with E-state index in [0.29, 0.717) is 30.3 Å². The highest BCUT2D eigenvalue weighted by atomic mass is 32.5. The van der Waals surface area contributed by atoms with E-state index < -0.39 is 13.7 Å². The molecule has 0 aliphatic rings. The minimum absolute atomic E-state index is 0.175. The molecule has 1 atom stereocenters. The van der Waals surface area contributed by atoms with Gasteiger partial charge in [-0.3, -0.25) is 4.52 Å². The van der Waals surface area contributed by atoms with Gasteiger partial charge >= 0.3 is 13.7 Å². The first kappa shape index (κ1) is 40.9. The van der Waals surface area contributed by atoms with Gasteiger partial charge in [0.05, 0.1) is 19.5 Å². The van der Waals surface area contributed by atoms with Gasteiger partial charge in [0.25, 0.3) is 0 Å². The summed E-state index contributed by atoms with van der Waals surface area (Å²) in [5.41, 5.74) is 15.2. The van der Waals surface area contributed by atoms with Gasteiger partial charge in [0.15, 0.2) is 5.75 Å². The first-order valence-electron chi connectivity index (χ1n) is 17.2. The van der Waals surface area contributed by atoms with Crippen molar-refractivity contribution in [3.8, 4) is 23.0 Å². The molecule has 10 nitrogen and oxygen atoms in total. The van der Waals surface area contributed by atoms with Crippen molar-refractivity contribution in [1.82, 2.24) is 9.56 Å². The van der Waals surface area contributed by atoms with Crippen molar-refractivity contribution in [3.63, 3.8) is 0 Å². The van der Waals surface area contributed by atoms with Gasteiger partial charge in [-0.25, -0.2) is 4.78 Å². The van der Waals surface area contributed by atoms with Crippen LogP contribution in [0.5, 0.6) is 23.0 Å². The SMILES string of the molecule is CCC(C)(CC)Oc1ccc(C=NN(C)[P+](=S)Oc2ccc(C=NN(C)P(=S)(Oc3ccc(CCN)cc3)Oc3ccc(CCN)cc3)cc2)cc1. The highest BCUT2D eigenvalue weighted by molar-refractivity contribution is 8.09. The Labute approximate surface area is 319 Å². The minimum Gasteiger partial charge on any atom is -0.488 e. The first-order chi connectivity index (χ1) is 25.0. The molecule has 52 heavy (non-hydrogen) atoms. The predicted octanol–water partition coefficient (Wildman–Crippen LogP) is 8.41. The second kappa shape index (κ2) is 19.8. The summed E-state index contributed by atoms with van der Waals surface area (Å²) in [7, 11) is 2.10. The number of nitrogens with zero attached hydrogens (tertiary/aromatic N) is 4. The zero-order chi connectivity index (χ0) is 37.6. The summed E-state index contributed by atoms with van der Waals surface area (Å²) in [5, 5.41) is 9.14. The lowest BCUT2D eigenvalue weighted by atomic mass is 10.00. The molecule has 4 aromatic rings. The van der Waals surface area contributed by atoms with Crippen LogP contribution in [-0.2, 0) is 36.5 Å². The van der Waals surface area contributed by atoms with Crippen molar-refractivity contribution in [2.75, 3.05) is 27.2 Å². The van der Waals surface area contributed by atoms with Crippen molar-refractivity contribution in [1.29, 1.82) is 0 Å². The van der Waals surface area contributed by atoms with Crippen molar-refractivity contribution in [3.05, 3.63) is 119 Å². The van der Waals surface area contributed by atoms with Crippen LogP contribution in [0.2, 0.25) is 0 Å². The molecular weight excluding hydrogens is 731 g/mol. The Kier molecular flexibility index (Phi) is 15.6. The van der Waals surface area contributed by atoms with E-state index in [1.165, 1.54) is 0 Å². The molecule has 0 aliphatic carbocycles. The Balaban J connectivity index is 1.38. The quantitative estimate of drug-likeness (QED) is 0.0514. The van der Waals surface area contributed by atoms with Gasteiger partial charge in [-0.15, -0.1) is 5.10 Å². The molecule has 0 saturated carbocycles. The third-order valence-electron chi connectivity index (χ3n) is 8.30. The van der Waals surface area contributed by atoms with Crippen LogP contribution in [0.15, 0.2) is 107 Å². The maximum atomic E-state index is 6.34. The van der Waals surface area contributed by atoms with Gasteiger partial charge < -0.3 is 25.3 Å². The lowest BCUT2D eigenvalue weighted by molar-refractivity contribution is 0.0803. The molecule has 0 amide bonds. The Bertz CT molecular complexity index is 1770. The topological polar surface area (TPSA) is 120 Å². The van der Waals surface area contributed by atoms with E-state index in [2.05, 4.69) is 31.0 Å². The van der Waals surface area contributed by atoms with Crippen molar-refractivity contribution in [2.24, 2.45) is 21.7 Å². The second-order valence-electron chi connectivity index (χ2n) is 12.2. The smallest absolute Gasteiger partial charge is 0.488 e. The average molecular weight is 780 g/mol. The van der Waals surface area contributed by atoms with Gasteiger partial charge in [0, 0.05) is 18.9 Å². The third-order valence-corrected chi connectivity index (χ3v) is 13.0. The highest BCUT2D eigenvalue weighted by Crippen LogP contribution is 2.51. The fourth-order valence-electron chi connectivity index (χ4n) is 4.64. The van der Waals surface area contributed by atoms with Crippen molar-refractivity contribution in [2.45, 2.75) is 52.1 Å². The Hall–Kier alpha value is -3.89. The van der Waals surface area contributed by atoms with Crippen LogP contribution >= 0.6 is 13.7 Å². The van der Waals surface area contributed by atoms with Crippen molar-refractivity contribution >= 4 is 49.8 Å². The minimum atomic E-state index is -3.18. The summed E-state index contributed by atoms with van der Waals surface area (Å²) in [6.07, 6.45) is 6.88. The molecule has 0 fully saturated rings. The van der Waals surface area contributed by atoms with Crippen molar-refractivity contribution < 1.29 is 18.3 Å². The van der Waals surface area contributed by atoms with Gasteiger partial charge in [0.2, 0.25) is 11.8 Å². The van der Waals surface area contributed by atoms with E-state index in [1.807, 2.05) is 97.1 Å². The number of nitrogens with two attached hydrogens (primary N) is 2. The van der Waals surface area contributed by atoms with Crippen LogP contribution in [0.1, 0.15) is 55.9 Å². The van der Waals surface area contributed by atoms with Crippen LogP contribution in [0, 0.1) is 0 Å². The molecule has 0 saturated heterocycles. The van der Waals surface area contributed by atoms with E-state index in [9.17, 15) is 0 Å². The molecule has 276 valence electrons. The van der Waals surface area contributed by atoms with Crippen LogP contribution in [0.3, 0.4) is 0 Å². The summed E-state index contributed by atoms with van der Waals surface area (Å²) < 4.78 is 28.1. The lowest BCUT2D eigenvalue weighted by Gasteiger charge is -2.29. The van der Waals surface area contributed by atoms with Crippen LogP contribution in [0.25, 0.3) is 0 Å². The molecule has 0 aromatic heterocycles. The van der Waals surface area contributed by atoms with Gasteiger partial charge in [-0.05, 0) is 141 Å². The molecule has 4 aromatic carbocycles. The van der Waals surface area contributed by atoms with Gasteiger partial charge in [-0.1, -0.05) is 42.9 Å². The Morgan fingerprint density at radius 3 is 1.56 bits per heavy atom. The number of hydrogen-bond donors (Lipinski definition) is 2. The molecule has 14 heteroatoms.